The lowest BCUT2D eigenvalue weighted by atomic mass is 10.5. The van der Waals surface area contributed by atoms with Gasteiger partial charge in [-0.15, -0.1) is 17.0 Å². The first-order valence-corrected chi connectivity index (χ1v) is 1.84. The van der Waals surface area contributed by atoms with Crippen LogP contribution in [-0.2, 0) is 4.79 Å². The third-order valence-electron chi connectivity index (χ3n) is 0.665. The zero-order valence-electron chi connectivity index (χ0n) is 3.68. The summed E-state index contributed by atoms with van der Waals surface area (Å²) < 4.78 is 0. The fourth-order valence-electron chi connectivity index (χ4n) is 0.377. The zero-order valence-corrected chi connectivity index (χ0v) is 5.39. The summed E-state index contributed by atoms with van der Waals surface area (Å²) in [6.45, 7) is 0. The van der Waals surface area contributed by atoms with Crippen LogP contribution in [0.3, 0.4) is 0 Å². The van der Waals surface area contributed by atoms with Gasteiger partial charge in [0.05, 0.1) is 0 Å². The quantitative estimate of drug-likeness (QED) is 0.557. The SMILES string of the molecule is Br.O=C1CC=CN1. The van der Waals surface area contributed by atoms with Crippen LogP contribution >= 0.6 is 17.0 Å². The van der Waals surface area contributed by atoms with Crippen LogP contribution in [-0.4, -0.2) is 5.91 Å². The molecule has 0 aromatic rings. The molecular formula is C4H6BrNO. The molecule has 0 aromatic heterocycles. The molecule has 1 N–H and O–H groups in total. The highest BCUT2D eigenvalue weighted by atomic mass is 79.9. The molecule has 0 bridgehead atoms. The van der Waals surface area contributed by atoms with Crippen LogP contribution in [0.1, 0.15) is 6.42 Å². The number of halogens is 1. The summed E-state index contributed by atoms with van der Waals surface area (Å²) in [5.74, 6) is 0.0926. The smallest absolute Gasteiger partial charge is 0.227 e. The van der Waals surface area contributed by atoms with Gasteiger partial charge in [0, 0.05) is 12.6 Å². The zero-order chi connectivity index (χ0) is 4.41. The van der Waals surface area contributed by atoms with Crippen molar-refractivity contribution in [3.63, 3.8) is 0 Å². The monoisotopic (exact) mass is 163 g/mol. The Balaban J connectivity index is 0.000000360. The number of amides is 1. The summed E-state index contributed by atoms with van der Waals surface area (Å²) >= 11 is 0. The molecule has 1 heterocycles. The summed E-state index contributed by atoms with van der Waals surface area (Å²) in [7, 11) is 0. The molecule has 0 aromatic carbocycles. The molecule has 3 heteroatoms. The van der Waals surface area contributed by atoms with Crippen molar-refractivity contribution in [1.29, 1.82) is 0 Å². The highest BCUT2D eigenvalue weighted by molar-refractivity contribution is 8.93. The van der Waals surface area contributed by atoms with Crippen molar-refractivity contribution in [1.82, 2.24) is 5.32 Å². The van der Waals surface area contributed by atoms with Gasteiger partial charge in [-0.25, -0.2) is 0 Å². The number of hydrogen-bond acceptors (Lipinski definition) is 1. The summed E-state index contributed by atoms with van der Waals surface area (Å²) in [6, 6.07) is 0. The summed E-state index contributed by atoms with van der Waals surface area (Å²) in [4.78, 5) is 10.1. The van der Waals surface area contributed by atoms with E-state index in [9.17, 15) is 4.79 Å². The molecule has 0 atom stereocenters. The van der Waals surface area contributed by atoms with Gasteiger partial charge in [-0.1, -0.05) is 6.08 Å². The van der Waals surface area contributed by atoms with Crippen LogP contribution in [0.2, 0.25) is 0 Å². The molecule has 0 unspecified atom stereocenters. The van der Waals surface area contributed by atoms with Crippen LogP contribution in [0.5, 0.6) is 0 Å². The lowest BCUT2D eigenvalue weighted by Crippen LogP contribution is -2.08. The Kier molecular flexibility index (Phi) is 2.67. The van der Waals surface area contributed by atoms with Gasteiger partial charge in [0.15, 0.2) is 0 Å². The second kappa shape index (κ2) is 2.80. The number of rotatable bonds is 0. The fraction of sp³-hybridized carbons (Fsp3) is 0.250. The van der Waals surface area contributed by atoms with Gasteiger partial charge >= 0.3 is 0 Å². The number of carbonyl (C=O) groups excluding carboxylic acids is 1. The van der Waals surface area contributed by atoms with Crippen LogP contribution in [0.25, 0.3) is 0 Å². The number of carbonyl (C=O) groups is 1. The lowest BCUT2D eigenvalue weighted by molar-refractivity contribution is -0.118. The second-order valence-electron chi connectivity index (χ2n) is 1.17. The molecular weight excluding hydrogens is 158 g/mol. The van der Waals surface area contributed by atoms with E-state index in [1.54, 1.807) is 12.3 Å². The van der Waals surface area contributed by atoms with E-state index in [2.05, 4.69) is 5.32 Å². The molecule has 0 saturated heterocycles. The van der Waals surface area contributed by atoms with E-state index in [4.69, 9.17) is 0 Å². The normalized spacial score (nSPS) is 15.7. The van der Waals surface area contributed by atoms with Gasteiger partial charge in [0.1, 0.15) is 0 Å². The van der Waals surface area contributed by atoms with Crippen LogP contribution in [0.15, 0.2) is 12.3 Å². The van der Waals surface area contributed by atoms with Gasteiger partial charge < -0.3 is 5.32 Å². The van der Waals surface area contributed by atoms with Crippen molar-refractivity contribution >= 4 is 22.9 Å². The van der Waals surface area contributed by atoms with Gasteiger partial charge in [-0.2, -0.15) is 0 Å². The first-order chi connectivity index (χ1) is 2.89. The van der Waals surface area contributed by atoms with E-state index in [1.165, 1.54) is 0 Å². The Morgan fingerprint density at radius 3 is 2.57 bits per heavy atom. The number of nitrogens with one attached hydrogen (secondary N) is 1. The van der Waals surface area contributed by atoms with E-state index in [0.29, 0.717) is 6.42 Å². The van der Waals surface area contributed by atoms with E-state index in [1.807, 2.05) is 0 Å². The van der Waals surface area contributed by atoms with Crippen molar-refractivity contribution in [2.45, 2.75) is 6.42 Å². The third kappa shape index (κ3) is 1.73. The Morgan fingerprint density at radius 2 is 2.43 bits per heavy atom. The molecule has 1 aliphatic heterocycles. The minimum atomic E-state index is 0. The molecule has 0 aliphatic carbocycles. The van der Waals surface area contributed by atoms with E-state index < -0.39 is 0 Å². The summed E-state index contributed by atoms with van der Waals surface area (Å²) in [5, 5.41) is 2.50. The Bertz CT molecular complexity index is 89.9. The van der Waals surface area contributed by atoms with Gasteiger partial charge in [0.2, 0.25) is 5.91 Å². The topological polar surface area (TPSA) is 29.1 Å². The molecule has 0 saturated carbocycles. The first-order valence-electron chi connectivity index (χ1n) is 1.84. The standard InChI is InChI=1S/C4H5NO.BrH/c6-4-2-1-3-5-4;/h1,3H,2H2,(H,5,6);1H. The molecule has 0 spiro atoms. The highest BCUT2D eigenvalue weighted by Crippen LogP contribution is 1.87. The predicted octanol–water partition coefficient (Wildman–Crippen LogP) is 0.598. The molecule has 7 heavy (non-hydrogen) atoms. The van der Waals surface area contributed by atoms with Gasteiger partial charge in [0.25, 0.3) is 0 Å². The number of hydrogen-bond donors (Lipinski definition) is 1. The third-order valence-corrected chi connectivity index (χ3v) is 0.665. The first kappa shape index (κ1) is 6.69. The van der Waals surface area contributed by atoms with E-state index >= 15 is 0 Å². The van der Waals surface area contributed by atoms with Crippen molar-refractivity contribution in [2.75, 3.05) is 0 Å². The van der Waals surface area contributed by atoms with Crippen LogP contribution in [0, 0.1) is 0 Å². The van der Waals surface area contributed by atoms with Crippen molar-refractivity contribution in [3.8, 4) is 0 Å². The molecule has 1 amide bonds. The summed E-state index contributed by atoms with van der Waals surface area (Å²) in [6.07, 6.45) is 4.00. The maximum absolute atomic E-state index is 10.1. The average molecular weight is 164 g/mol. The highest BCUT2D eigenvalue weighted by Gasteiger charge is 1.97. The maximum atomic E-state index is 10.1. The van der Waals surface area contributed by atoms with Crippen LogP contribution < -0.4 is 5.32 Å². The molecule has 2 nitrogen and oxygen atoms in total. The van der Waals surface area contributed by atoms with Crippen molar-refractivity contribution < 1.29 is 4.79 Å². The maximum Gasteiger partial charge on any atom is 0.227 e. The van der Waals surface area contributed by atoms with Gasteiger partial charge in [-0.05, 0) is 0 Å². The fourth-order valence-corrected chi connectivity index (χ4v) is 0.377. The lowest BCUT2D eigenvalue weighted by Gasteiger charge is -1.78. The largest absolute Gasteiger partial charge is 0.333 e. The molecule has 1 rings (SSSR count). The van der Waals surface area contributed by atoms with E-state index in [0.717, 1.165) is 0 Å². The van der Waals surface area contributed by atoms with Gasteiger partial charge in [-0.3, -0.25) is 4.79 Å². The molecule has 0 radical (unpaired) electrons. The van der Waals surface area contributed by atoms with Crippen molar-refractivity contribution in [2.24, 2.45) is 0 Å². The predicted molar refractivity (Wildman–Crippen MR) is 32.2 cm³/mol. The second-order valence-corrected chi connectivity index (χ2v) is 1.17. The summed E-state index contributed by atoms with van der Waals surface area (Å²) in [5.41, 5.74) is 0. The molecule has 40 valence electrons. The van der Waals surface area contributed by atoms with Crippen LogP contribution in [0.4, 0.5) is 0 Å². The molecule has 1 aliphatic rings. The van der Waals surface area contributed by atoms with Crippen molar-refractivity contribution in [3.05, 3.63) is 12.3 Å². The Morgan fingerprint density at radius 1 is 1.71 bits per heavy atom. The average Bonchev–Trinajstić information content (AvgIpc) is 1.86. The molecule has 0 fully saturated rings. The Hall–Kier alpha value is -0.310. The minimum Gasteiger partial charge on any atom is -0.333 e. The minimum absolute atomic E-state index is 0. The van der Waals surface area contributed by atoms with E-state index in [-0.39, 0.29) is 22.9 Å². The Labute approximate surface area is 52.4 Å².